The van der Waals surface area contributed by atoms with Crippen LogP contribution in [0.2, 0.25) is 0 Å². The molecule has 0 spiro atoms. The lowest BCUT2D eigenvalue weighted by Crippen LogP contribution is -2.28. The first-order valence-corrected chi connectivity index (χ1v) is 5.25. The van der Waals surface area contributed by atoms with E-state index >= 15 is 0 Å². The van der Waals surface area contributed by atoms with E-state index < -0.39 is 5.82 Å². The molecule has 0 aliphatic heterocycles. The summed E-state index contributed by atoms with van der Waals surface area (Å²) in [5.74, 6) is -0.760. The monoisotopic (exact) mass is 213 g/mol. The Bertz CT molecular complexity index is 325. The van der Waals surface area contributed by atoms with Crippen molar-refractivity contribution in [1.29, 1.82) is 0 Å². The van der Waals surface area contributed by atoms with Gasteiger partial charge < -0.3 is 5.32 Å². The van der Waals surface area contributed by atoms with E-state index in [0.717, 1.165) is 12.5 Å². The lowest BCUT2D eigenvalue weighted by Gasteiger charge is -2.19. The minimum atomic E-state index is -0.399. The van der Waals surface area contributed by atoms with Gasteiger partial charge in [0.1, 0.15) is 11.6 Å². The van der Waals surface area contributed by atoms with Crippen molar-refractivity contribution < 1.29 is 8.78 Å². The highest BCUT2D eigenvalue weighted by molar-refractivity contribution is 5.21. The van der Waals surface area contributed by atoms with E-state index in [1.807, 2.05) is 20.8 Å². The Morgan fingerprint density at radius 1 is 1.27 bits per heavy atom. The third-order valence-corrected chi connectivity index (χ3v) is 2.57. The second kappa shape index (κ2) is 5.21. The Labute approximate surface area is 89.5 Å². The SMILES string of the molecule is CC[C@H](C)N[C@H](C)c1cc(F)ccc1F. The molecule has 1 nitrogen and oxygen atoms in total. The number of rotatable bonds is 4. The topological polar surface area (TPSA) is 12.0 Å². The number of halogens is 2. The van der Waals surface area contributed by atoms with E-state index in [1.54, 1.807) is 0 Å². The van der Waals surface area contributed by atoms with Crippen molar-refractivity contribution in [1.82, 2.24) is 5.32 Å². The summed E-state index contributed by atoms with van der Waals surface area (Å²) in [5.41, 5.74) is 0.385. The molecule has 0 fully saturated rings. The molecule has 1 aromatic rings. The van der Waals surface area contributed by atoms with Crippen LogP contribution in [-0.4, -0.2) is 6.04 Å². The van der Waals surface area contributed by atoms with E-state index in [9.17, 15) is 8.78 Å². The van der Waals surface area contributed by atoms with Crippen LogP contribution in [0.15, 0.2) is 18.2 Å². The number of benzene rings is 1. The molecule has 0 aromatic heterocycles. The maximum Gasteiger partial charge on any atom is 0.128 e. The van der Waals surface area contributed by atoms with E-state index in [0.29, 0.717) is 11.6 Å². The van der Waals surface area contributed by atoms with Gasteiger partial charge in [-0.1, -0.05) is 6.92 Å². The lowest BCUT2D eigenvalue weighted by molar-refractivity contribution is 0.451. The van der Waals surface area contributed by atoms with Crippen LogP contribution in [0.4, 0.5) is 8.78 Å². The fourth-order valence-electron chi connectivity index (χ4n) is 1.48. The van der Waals surface area contributed by atoms with Gasteiger partial charge in [0.25, 0.3) is 0 Å². The fraction of sp³-hybridized carbons (Fsp3) is 0.500. The lowest BCUT2D eigenvalue weighted by atomic mass is 10.1. The first kappa shape index (κ1) is 12.1. The molecule has 0 saturated carbocycles. The smallest absolute Gasteiger partial charge is 0.128 e. The molecule has 0 heterocycles. The highest BCUT2D eigenvalue weighted by Crippen LogP contribution is 2.18. The van der Waals surface area contributed by atoms with Crippen molar-refractivity contribution in [2.45, 2.75) is 39.3 Å². The van der Waals surface area contributed by atoms with Gasteiger partial charge in [0.05, 0.1) is 0 Å². The van der Waals surface area contributed by atoms with Crippen LogP contribution in [0.1, 0.15) is 38.8 Å². The van der Waals surface area contributed by atoms with E-state index in [1.165, 1.54) is 12.1 Å². The number of hydrogen-bond donors (Lipinski definition) is 1. The molecule has 84 valence electrons. The van der Waals surface area contributed by atoms with Crippen molar-refractivity contribution in [3.8, 4) is 0 Å². The Kier molecular flexibility index (Phi) is 4.21. The second-order valence-corrected chi connectivity index (χ2v) is 3.86. The van der Waals surface area contributed by atoms with E-state index in [4.69, 9.17) is 0 Å². The molecule has 0 saturated heterocycles. The molecule has 15 heavy (non-hydrogen) atoms. The quantitative estimate of drug-likeness (QED) is 0.808. The van der Waals surface area contributed by atoms with E-state index in [2.05, 4.69) is 5.32 Å². The first-order chi connectivity index (χ1) is 7.04. The van der Waals surface area contributed by atoms with Gasteiger partial charge in [0.15, 0.2) is 0 Å². The van der Waals surface area contributed by atoms with Crippen LogP contribution in [0.25, 0.3) is 0 Å². The van der Waals surface area contributed by atoms with Crippen molar-refractivity contribution in [3.05, 3.63) is 35.4 Å². The second-order valence-electron chi connectivity index (χ2n) is 3.86. The molecule has 0 aliphatic carbocycles. The Balaban J connectivity index is 2.80. The fourth-order valence-corrected chi connectivity index (χ4v) is 1.48. The summed E-state index contributed by atoms with van der Waals surface area (Å²) in [7, 11) is 0. The number of hydrogen-bond acceptors (Lipinski definition) is 1. The summed E-state index contributed by atoms with van der Waals surface area (Å²) in [6.07, 6.45) is 0.960. The summed E-state index contributed by atoms with van der Waals surface area (Å²) >= 11 is 0. The maximum atomic E-state index is 13.4. The minimum Gasteiger partial charge on any atom is -0.308 e. The predicted molar refractivity (Wildman–Crippen MR) is 57.7 cm³/mol. The zero-order valence-corrected chi connectivity index (χ0v) is 9.35. The van der Waals surface area contributed by atoms with Gasteiger partial charge in [-0.2, -0.15) is 0 Å². The van der Waals surface area contributed by atoms with Gasteiger partial charge in [-0.3, -0.25) is 0 Å². The van der Waals surface area contributed by atoms with Gasteiger partial charge in [0.2, 0.25) is 0 Å². The van der Waals surface area contributed by atoms with Gasteiger partial charge in [-0.15, -0.1) is 0 Å². The molecule has 0 radical (unpaired) electrons. The van der Waals surface area contributed by atoms with Crippen molar-refractivity contribution in [2.24, 2.45) is 0 Å². The van der Waals surface area contributed by atoms with Crippen LogP contribution in [0, 0.1) is 11.6 Å². The molecule has 0 unspecified atom stereocenters. The third kappa shape index (κ3) is 3.27. The molecular weight excluding hydrogens is 196 g/mol. The number of nitrogens with one attached hydrogen (secondary N) is 1. The van der Waals surface area contributed by atoms with Gasteiger partial charge >= 0.3 is 0 Å². The largest absolute Gasteiger partial charge is 0.308 e. The summed E-state index contributed by atoms with van der Waals surface area (Å²) in [4.78, 5) is 0. The summed E-state index contributed by atoms with van der Waals surface area (Å²) in [6, 6.07) is 3.67. The molecule has 1 rings (SSSR count). The molecule has 0 aliphatic rings. The van der Waals surface area contributed by atoms with Crippen LogP contribution in [0.5, 0.6) is 0 Å². The van der Waals surface area contributed by atoms with Crippen LogP contribution in [0.3, 0.4) is 0 Å². The zero-order chi connectivity index (χ0) is 11.4. The Hall–Kier alpha value is -0.960. The Morgan fingerprint density at radius 3 is 2.53 bits per heavy atom. The molecule has 1 aromatic carbocycles. The normalized spacial score (nSPS) is 15.0. The maximum absolute atomic E-state index is 13.4. The van der Waals surface area contributed by atoms with Crippen molar-refractivity contribution in [2.75, 3.05) is 0 Å². The van der Waals surface area contributed by atoms with Crippen LogP contribution >= 0.6 is 0 Å². The molecule has 0 bridgehead atoms. The standard InChI is InChI=1S/C12H17F2N/c1-4-8(2)15-9(3)11-7-10(13)5-6-12(11)14/h5-9,15H,4H2,1-3H3/t8-,9+/m0/s1. The summed E-state index contributed by atoms with van der Waals surface area (Å²) in [6.45, 7) is 5.91. The highest BCUT2D eigenvalue weighted by atomic mass is 19.1. The van der Waals surface area contributed by atoms with Gasteiger partial charge in [-0.25, -0.2) is 8.78 Å². The van der Waals surface area contributed by atoms with E-state index in [-0.39, 0.29) is 11.9 Å². The molecule has 1 N–H and O–H groups in total. The molecule has 3 heteroatoms. The van der Waals surface area contributed by atoms with Crippen LogP contribution < -0.4 is 5.32 Å². The summed E-state index contributed by atoms with van der Waals surface area (Å²) < 4.78 is 26.3. The van der Waals surface area contributed by atoms with Crippen LogP contribution in [-0.2, 0) is 0 Å². The third-order valence-electron chi connectivity index (χ3n) is 2.57. The highest BCUT2D eigenvalue weighted by Gasteiger charge is 2.13. The Morgan fingerprint density at radius 2 is 1.93 bits per heavy atom. The molecule has 0 amide bonds. The zero-order valence-electron chi connectivity index (χ0n) is 9.35. The average Bonchev–Trinajstić information content (AvgIpc) is 2.21. The van der Waals surface area contributed by atoms with Crippen molar-refractivity contribution in [3.63, 3.8) is 0 Å². The first-order valence-electron chi connectivity index (χ1n) is 5.25. The molecular formula is C12H17F2N. The van der Waals surface area contributed by atoms with Gasteiger partial charge in [-0.05, 0) is 38.5 Å². The van der Waals surface area contributed by atoms with Crippen molar-refractivity contribution >= 4 is 0 Å². The van der Waals surface area contributed by atoms with Gasteiger partial charge in [0, 0.05) is 17.6 Å². The predicted octanol–water partition coefficient (Wildman–Crippen LogP) is 3.41. The average molecular weight is 213 g/mol. The molecule has 2 atom stereocenters. The minimum absolute atomic E-state index is 0.171. The summed E-state index contributed by atoms with van der Waals surface area (Å²) in [5, 5.41) is 3.21.